The lowest BCUT2D eigenvalue weighted by Crippen LogP contribution is -1.99. The average molecular weight is 183 g/mol. The van der Waals surface area contributed by atoms with Crippen molar-refractivity contribution in [3.8, 4) is 6.07 Å². The maximum absolute atomic E-state index is 13.2. The number of nitrogens with zero attached hydrogens (tertiary/aromatic N) is 1. The lowest BCUT2D eigenvalue weighted by atomic mass is 10.1. The second-order valence-corrected chi connectivity index (χ2v) is 2.43. The van der Waals surface area contributed by atoms with Gasteiger partial charge in [0.15, 0.2) is 0 Å². The Labute approximate surface area is 74.4 Å². The van der Waals surface area contributed by atoms with E-state index in [-0.39, 0.29) is 17.7 Å². The van der Waals surface area contributed by atoms with Crippen LogP contribution in [0.1, 0.15) is 11.1 Å². The Morgan fingerprint density at radius 3 is 2.69 bits per heavy atom. The number of nitriles is 1. The van der Waals surface area contributed by atoms with Gasteiger partial charge in [0.05, 0.1) is 17.7 Å². The monoisotopic (exact) mass is 183 g/mol. The summed E-state index contributed by atoms with van der Waals surface area (Å²) in [5.41, 5.74) is -0.380. The van der Waals surface area contributed by atoms with Gasteiger partial charge in [0.1, 0.15) is 17.7 Å². The predicted molar refractivity (Wildman–Crippen MR) is 41.8 cm³/mol. The number of ether oxygens (including phenoxy) is 1. The maximum atomic E-state index is 13.2. The van der Waals surface area contributed by atoms with E-state index in [2.05, 4.69) is 4.74 Å². The van der Waals surface area contributed by atoms with E-state index in [1.165, 1.54) is 7.11 Å². The van der Waals surface area contributed by atoms with Crippen molar-refractivity contribution >= 4 is 0 Å². The lowest BCUT2D eigenvalue weighted by Gasteiger charge is -2.03. The molecular weight excluding hydrogens is 176 g/mol. The highest BCUT2D eigenvalue weighted by Gasteiger charge is 2.12. The Balaban J connectivity index is 3.23. The fraction of sp³-hybridized carbons (Fsp3) is 0.222. The van der Waals surface area contributed by atoms with Crippen LogP contribution in [-0.4, -0.2) is 7.11 Å². The van der Waals surface area contributed by atoms with Crippen LogP contribution in [0.3, 0.4) is 0 Å². The first-order valence-electron chi connectivity index (χ1n) is 3.56. The molecule has 1 rings (SSSR count). The zero-order chi connectivity index (χ0) is 9.84. The molecule has 0 aromatic heterocycles. The molecule has 0 aliphatic carbocycles. The zero-order valence-electron chi connectivity index (χ0n) is 6.97. The molecule has 0 amide bonds. The van der Waals surface area contributed by atoms with Crippen LogP contribution in [0, 0.1) is 23.0 Å². The highest BCUT2D eigenvalue weighted by Crippen LogP contribution is 2.16. The van der Waals surface area contributed by atoms with Crippen molar-refractivity contribution in [2.75, 3.05) is 7.11 Å². The van der Waals surface area contributed by atoms with E-state index < -0.39 is 11.6 Å². The Hall–Kier alpha value is -1.47. The van der Waals surface area contributed by atoms with Gasteiger partial charge in [-0.1, -0.05) is 0 Å². The molecule has 68 valence electrons. The smallest absolute Gasteiger partial charge is 0.149 e. The zero-order valence-corrected chi connectivity index (χ0v) is 6.97. The second kappa shape index (κ2) is 3.97. The summed E-state index contributed by atoms with van der Waals surface area (Å²) < 4.78 is 30.7. The van der Waals surface area contributed by atoms with Gasteiger partial charge < -0.3 is 4.74 Å². The van der Waals surface area contributed by atoms with Gasteiger partial charge in [0, 0.05) is 7.11 Å². The Morgan fingerprint density at radius 1 is 1.46 bits per heavy atom. The topological polar surface area (TPSA) is 33.0 Å². The molecule has 0 unspecified atom stereocenters. The molecule has 2 nitrogen and oxygen atoms in total. The van der Waals surface area contributed by atoms with Gasteiger partial charge in [-0.25, -0.2) is 8.78 Å². The van der Waals surface area contributed by atoms with Crippen LogP contribution in [0.2, 0.25) is 0 Å². The van der Waals surface area contributed by atoms with Crippen LogP contribution in [0.25, 0.3) is 0 Å². The van der Waals surface area contributed by atoms with Gasteiger partial charge in [-0.3, -0.25) is 0 Å². The number of hydrogen-bond donors (Lipinski definition) is 0. The van der Waals surface area contributed by atoms with Gasteiger partial charge in [-0.05, 0) is 12.1 Å². The molecule has 0 aliphatic heterocycles. The molecule has 1 aromatic carbocycles. The molecule has 0 N–H and O–H groups in total. The van der Waals surface area contributed by atoms with Crippen LogP contribution in [0.5, 0.6) is 0 Å². The van der Waals surface area contributed by atoms with E-state index in [9.17, 15) is 8.78 Å². The fourth-order valence-electron chi connectivity index (χ4n) is 0.961. The third-order valence-corrected chi connectivity index (χ3v) is 1.60. The van der Waals surface area contributed by atoms with Crippen molar-refractivity contribution in [2.24, 2.45) is 0 Å². The quantitative estimate of drug-likeness (QED) is 0.702. The summed E-state index contributed by atoms with van der Waals surface area (Å²) in [7, 11) is 1.33. The molecule has 0 heterocycles. The van der Waals surface area contributed by atoms with Crippen LogP contribution in [0.4, 0.5) is 8.78 Å². The van der Waals surface area contributed by atoms with Crippen LogP contribution < -0.4 is 0 Å². The summed E-state index contributed by atoms with van der Waals surface area (Å²) in [6.07, 6.45) is 0. The summed E-state index contributed by atoms with van der Waals surface area (Å²) in [5, 5.41) is 8.45. The molecule has 0 bridgehead atoms. The van der Waals surface area contributed by atoms with Crippen molar-refractivity contribution < 1.29 is 13.5 Å². The lowest BCUT2D eigenvalue weighted by molar-refractivity contribution is 0.177. The van der Waals surface area contributed by atoms with Gasteiger partial charge in [-0.2, -0.15) is 5.26 Å². The summed E-state index contributed by atoms with van der Waals surface area (Å²) in [5.74, 6) is -1.54. The highest BCUT2D eigenvalue weighted by atomic mass is 19.1. The van der Waals surface area contributed by atoms with Crippen LogP contribution in [-0.2, 0) is 11.3 Å². The number of methoxy groups -OCH3 is 1. The highest BCUT2D eigenvalue weighted by molar-refractivity contribution is 5.35. The molecule has 0 atom stereocenters. The summed E-state index contributed by atoms with van der Waals surface area (Å²) in [4.78, 5) is 0. The summed E-state index contributed by atoms with van der Waals surface area (Å²) in [6.45, 7) is -0.173. The fourth-order valence-corrected chi connectivity index (χ4v) is 0.961. The minimum Gasteiger partial charge on any atom is -0.380 e. The number of benzene rings is 1. The molecular formula is C9H7F2NO. The van der Waals surface area contributed by atoms with E-state index in [4.69, 9.17) is 5.26 Å². The molecule has 0 aliphatic rings. The van der Waals surface area contributed by atoms with Crippen molar-refractivity contribution in [2.45, 2.75) is 6.61 Å². The largest absolute Gasteiger partial charge is 0.380 e. The summed E-state index contributed by atoms with van der Waals surface area (Å²) in [6, 6.07) is 3.78. The molecule has 0 saturated heterocycles. The molecule has 0 fully saturated rings. The first-order valence-corrected chi connectivity index (χ1v) is 3.56. The maximum Gasteiger partial charge on any atom is 0.149 e. The van der Waals surface area contributed by atoms with Crippen molar-refractivity contribution in [1.82, 2.24) is 0 Å². The van der Waals surface area contributed by atoms with E-state index >= 15 is 0 Å². The van der Waals surface area contributed by atoms with Crippen molar-refractivity contribution in [3.05, 3.63) is 34.9 Å². The van der Waals surface area contributed by atoms with Crippen molar-refractivity contribution in [3.63, 3.8) is 0 Å². The summed E-state index contributed by atoms with van der Waals surface area (Å²) >= 11 is 0. The minimum absolute atomic E-state index is 0.173. The van der Waals surface area contributed by atoms with Crippen molar-refractivity contribution in [1.29, 1.82) is 5.26 Å². The first kappa shape index (κ1) is 9.62. The molecule has 1 aromatic rings. The normalized spacial score (nSPS) is 9.69. The molecule has 4 heteroatoms. The third-order valence-electron chi connectivity index (χ3n) is 1.60. The predicted octanol–water partition coefficient (Wildman–Crippen LogP) is 1.98. The Morgan fingerprint density at radius 2 is 2.15 bits per heavy atom. The molecule has 0 spiro atoms. The van der Waals surface area contributed by atoms with Gasteiger partial charge >= 0.3 is 0 Å². The first-order chi connectivity index (χ1) is 6.20. The molecule has 13 heavy (non-hydrogen) atoms. The van der Waals surface area contributed by atoms with E-state index in [0.717, 1.165) is 12.1 Å². The number of hydrogen-bond acceptors (Lipinski definition) is 2. The molecule has 0 saturated carbocycles. The van der Waals surface area contributed by atoms with Gasteiger partial charge in [0.2, 0.25) is 0 Å². The van der Waals surface area contributed by atoms with Gasteiger partial charge in [0.25, 0.3) is 0 Å². The van der Waals surface area contributed by atoms with Crippen LogP contribution in [0.15, 0.2) is 12.1 Å². The second-order valence-electron chi connectivity index (χ2n) is 2.43. The van der Waals surface area contributed by atoms with Crippen LogP contribution >= 0.6 is 0 Å². The number of rotatable bonds is 2. The van der Waals surface area contributed by atoms with E-state index in [0.29, 0.717) is 0 Å². The third kappa shape index (κ3) is 1.82. The Bertz CT molecular complexity index is 357. The minimum atomic E-state index is -0.843. The average Bonchev–Trinajstić information content (AvgIpc) is 2.12. The Kier molecular flexibility index (Phi) is 2.93. The van der Waals surface area contributed by atoms with Gasteiger partial charge in [-0.15, -0.1) is 0 Å². The SMILES string of the molecule is COCc1c(F)ccc(C#N)c1F. The standard InChI is InChI=1S/C9H7F2NO/c1-13-5-7-8(10)3-2-6(4-12)9(7)11/h2-3H,5H2,1H3. The number of halogens is 2. The molecule has 0 radical (unpaired) electrons. The van der Waals surface area contributed by atoms with E-state index in [1.54, 1.807) is 6.07 Å². The van der Waals surface area contributed by atoms with E-state index in [1.807, 2.05) is 0 Å².